The van der Waals surface area contributed by atoms with Crippen LogP contribution in [0, 0.1) is 10.1 Å². The number of rotatable bonds is 6. The van der Waals surface area contributed by atoms with Gasteiger partial charge in [0, 0.05) is 42.0 Å². The van der Waals surface area contributed by atoms with Crippen molar-refractivity contribution in [3.05, 3.63) is 88.7 Å². The van der Waals surface area contributed by atoms with Crippen molar-refractivity contribution < 1.29 is 10.0 Å². The van der Waals surface area contributed by atoms with Crippen LogP contribution in [0.5, 0.6) is 0 Å². The molecule has 4 rings (SSSR count). The van der Waals surface area contributed by atoms with Gasteiger partial charge in [-0.2, -0.15) is 0 Å². The highest BCUT2D eigenvalue weighted by molar-refractivity contribution is 5.90. The summed E-state index contributed by atoms with van der Waals surface area (Å²) in [7, 11) is 0. The molecular weight excluding hydrogens is 370 g/mol. The lowest BCUT2D eigenvalue weighted by Crippen LogP contribution is -2.14. The van der Waals surface area contributed by atoms with Crippen molar-refractivity contribution in [1.82, 2.24) is 15.0 Å². The number of para-hydroxylation sites is 1. The molecule has 8 nitrogen and oxygen atoms in total. The molecule has 144 valence electrons. The van der Waals surface area contributed by atoms with Crippen LogP contribution < -0.4 is 5.32 Å². The van der Waals surface area contributed by atoms with Crippen LogP contribution in [0.2, 0.25) is 0 Å². The Morgan fingerprint density at radius 2 is 1.83 bits per heavy atom. The molecule has 0 amide bonds. The third-order valence-electron chi connectivity index (χ3n) is 4.47. The molecule has 2 aromatic carbocycles. The maximum absolute atomic E-state index is 10.8. The molecule has 0 radical (unpaired) electrons. The molecule has 8 heteroatoms. The molecule has 4 aromatic rings. The molecule has 2 aromatic heterocycles. The molecule has 1 atom stereocenters. The topological polar surface area (TPSA) is 114 Å². The second-order valence-electron chi connectivity index (χ2n) is 6.40. The third-order valence-corrected chi connectivity index (χ3v) is 4.47. The van der Waals surface area contributed by atoms with Crippen molar-refractivity contribution in [2.45, 2.75) is 6.10 Å². The van der Waals surface area contributed by atoms with Crippen LogP contribution in [0.4, 0.5) is 11.5 Å². The van der Waals surface area contributed by atoms with E-state index < -0.39 is 11.0 Å². The monoisotopic (exact) mass is 387 g/mol. The summed E-state index contributed by atoms with van der Waals surface area (Å²) in [6, 6.07) is 17.1. The molecule has 0 aliphatic rings. The summed E-state index contributed by atoms with van der Waals surface area (Å²) in [6.45, 7) is 0.186. The van der Waals surface area contributed by atoms with Crippen LogP contribution in [0.3, 0.4) is 0 Å². The Balaban J connectivity index is 1.60. The van der Waals surface area contributed by atoms with Gasteiger partial charge in [0.15, 0.2) is 5.82 Å². The van der Waals surface area contributed by atoms with E-state index >= 15 is 0 Å². The second-order valence-corrected chi connectivity index (χ2v) is 6.40. The van der Waals surface area contributed by atoms with Gasteiger partial charge in [0.2, 0.25) is 0 Å². The Morgan fingerprint density at radius 3 is 2.55 bits per heavy atom. The minimum atomic E-state index is -0.855. The van der Waals surface area contributed by atoms with Gasteiger partial charge in [-0.15, -0.1) is 0 Å². The highest BCUT2D eigenvalue weighted by Crippen LogP contribution is 2.25. The van der Waals surface area contributed by atoms with Crippen molar-refractivity contribution in [2.24, 2.45) is 0 Å². The average Bonchev–Trinajstić information content (AvgIpc) is 2.77. The van der Waals surface area contributed by atoms with E-state index in [1.165, 1.54) is 12.1 Å². The van der Waals surface area contributed by atoms with Crippen molar-refractivity contribution >= 4 is 22.4 Å². The minimum absolute atomic E-state index is 0.0168. The number of aliphatic hydroxyl groups is 1. The van der Waals surface area contributed by atoms with Gasteiger partial charge < -0.3 is 10.4 Å². The zero-order valence-corrected chi connectivity index (χ0v) is 15.3. The number of nitro benzene ring substituents is 1. The number of nitrogens with one attached hydrogen (secondary N) is 1. The number of non-ortho nitro benzene ring substituents is 1. The smallest absolute Gasteiger partial charge is 0.269 e. The third kappa shape index (κ3) is 4.02. The first-order valence-corrected chi connectivity index (χ1v) is 8.95. The number of aliphatic hydroxyl groups excluding tert-OH is 1. The summed E-state index contributed by atoms with van der Waals surface area (Å²) in [5.74, 6) is 1.12. The van der Waals surface area contributed by atoms with Crippen LogP contribution >= 0.6 is 0 Å². The van der Waals surface area contributed by atoms with Crippen LogP contribution in [-0.2, 0) is 0 Å². The Labute approximate surface area is 166 Å². The summed E-state index contributed by atoms with van der Waals surface area (Å²) in [5.41, 5.74) is 2.12. The fraction of sp³-hybridized carbons (Fsp3) is 0.0952. The molecule has 0 aliphatic carbocycles. The van der Waals surface area contributed by atoms with Crippen molar-refractivity contribution in [2.75, 3.05) is 11.9 Å². The Kier molecular flexibility index (Phi) is 5.08. The van der Waals surface area contributed by atoms with E-state index in [4.69, 9.17) is 0 Å². The zero-order valence-electron chi connectivity index (χ0n) is 15.3. The lowest BCUT2D eigenvalue weighted by Gasteiger charge is -2.15. The predicted molar refractivity (Wildman–Crippen MR) is 109 cm³/mol. The van der Waals surface area contributed by atoms with Crippen molar-refractivity contribution in [1.29, 1.82) is 0 Å². The van der Waals surface area contributed by atoms with Crippen molar-refractivity contribution in [3.63, 3.8) is 0 Å². The van der Waals surface area contributed by atoms with E-state index in [1.807, 2.05) is 36.4 Å². The number of hydrogen-bond donors (Lipinski definition) is 2. The van der Waals surface area contributed by atoms with E-state index in [2.05, 4.69) is 20.3 Å². The molecule has 0 aliphatic heterocycles. The normalized spacial score (nSPS) is 11.9. The quantitative estimate of drug-likeness (QED) is 0.382. The molecule has 0 bridgehead atoms. The van der Waals surface area contributed by atoms with Crippen LogP contribution in [0.15, 0.2) is 73.1 Å². The molecule has 29 heavy (non-hydrogen) atoms. The van der Waals surface area contributed by atoms with E-state index in [0.29, 0.717) is 17.2 Å². The molecule has 0 unspecified atom stereocenters. The number of nitro groups is 1. The molecule has 0 saturated heterocycles. The first-order valence-electron chi connectivity index (χ1n) is 8.95. The van der Waals surface area contributed by atoms with Gasteiger partial charge in [0.1, 0.15) is 5.82 Å². The summed E-state index contributed by atoms with van der Waals surface area (Å²) in [6.07, 6.45) is 2.52. The number of anilines is 1. The number of pyridine rings is 1. The number of benzene rings is 2. The second kappa shape index (κ2) is 7.99. The Bertz CT molecular complexity index is 1150. The molecule has 0 fully saturated rings. The molecule has 2 heterocycles. The van der Waals surface area contributed by atoms with Crippen LogP contribution in [0.25, 0.3) is 22.3 Å². The molecule has 2 N–H and O–H groups in total. The van der Waals surface area contributed by atoms with Gasteiger partial charge in [0.05, 0.1) is 16.5 Å². The fourth-order valence-electron chi connectivity index (χ4n) is 2.96. The number of fused-ring (bicyclic) bond motifs is 1. The number of nitrogens with zero attached hydrogens (tertiary/aromatic N) is 4. The Hall–Kier alpha value is -3.91. The van der Waals surface area contributed by atoms with Gasteiger partial charge in [-0.1, -0.05) is 12.1 Å². The number of aromatic nitrogens is 3. The maximum atomic E-state index is 10.8. The molecule has 0 spiro atoms. The van der Waals surface area contributed by atoms with Crippen molar-refractivity contribution in [3.8, 4) is 11.4 Å². The van der Waals surface area contributed by atoms with E-state index in [9.17, 15) is 15.2 Å². The summed E-state index contributed by atoms with van der Waals surface area (Å²) in [4.78, 5) is 23.6. The SMILES string of the molecule is O=[N+]([O-])c1ccc([C@@H](O)CNc2nc(-c3cccnc3)nc3ccccc23)cc1. The van der Waals surface area contributed by atoms with Crippen LogP contribution in [-0.4, -0.2) is 31.5 Å². The standard InChI is InChI=1S/C21H17N5O3/c27-19(14-7-9-16(10-8-14)26(28)29)13-23-21-17-5-1-2-6-18(17)24-20(25-21)15-4-3-11-22-12-15/h1-12,19,27H,13H2,(H,23,24,25)/t19-/m0/s1. The van der Waals surface area contributed by atoms with E-state index in [1.54, 1.807) is 24.5 Å². The summed E-state index contributed by atoms with van der Waals surface area (Å²) >= 11 is 0. The van der Waals surface area contributed by atoms with Crippen LogP contribution in [0.1, 0.15) is 11.7 Å². The highest BCUT2D eigenvalue weighted by atomic mass is 16.6. The Morgan fingerprint density at radius 1 is 1.03 bits per heavy atom. The zero-order chi connectivity index (χ0) is 20.2. The maximum Gasteiger partial charge on any atom is 0.269 e. The van der Waals surface area contributed by atoms with E-state index in [-0.39, 0.29) is 12.2 Å². The first kappa shape index (κ1) is 18.5. The fourth-order valence-corrected chi connectivity index (χ4v) is 2.96. The predicted octanol–water partition coefficient (Wildman–Crippen LogP) is 3.75. The first-order chi connectivity index (χ1) is 14.1. The average molecular weight is 387 g/mol. The molecular formula is C21H17N5O3. The summed E-state index contributed by atoms with van der Waals surface area (Å²) in [5, 5.41) is 25.3. The lowest BCUT2D eigenvalue weighted by atomic mass is 10.1. The van der Waals surface area contributed by atoms with Gasteiger partial charge >= 0.3 is 0 Å². The molecule has 0 saturated carbocycles. The van der Waals surface area contributed by atoms with Gasteiger partial charge in [-0.3, -0.25) is 15.1 Å². The van der Waals surface area contributed by atoms with Gasteiger partial charge in [-0.25, -0.2) is 9.97 Å². The largest absolute Gasteiger partial charge is 0.387 e. The van der Waals surface area contributed by atoms with Gasteiger partial charge in [-0.05, 0) is 42.0 Å². The lowest BCUT2D eigenvalue weighted by molar-refractivity contribution is -0.384. The number of hydrogen-bond acceptors (Lipinski definition) is 7. The van der Waals surface area contributed by atoms with Gasteiger partial charge in [0.25, 0.3) is 5.69 Å². The highest BCUT2D eigenvalue weighted by Gasteiger charge is 2.13. The minimum Gasteiger partial charge on any atom is -0.387 e. The van der Waals surface area contributed by atoms with E-state index in [0.717, 1.165) is 16.5 Å². The summed E-state index contributed by atoms with van der Waals surface area (Å²) < 4.78 is 0.